The second kappa shape index (κ2) is 8.19. The van der Waals surface area contributed by atoms with E-state index in [1.165, 1.54) is 49.2 Å². The topological polar surface area (TPSA) is 22.8 Å². The number of nitrogens with zero attached hydrogens (tertiary/aromatic N) is 3. The molecule has 0 bridgehead atoms. The smallest absolute Gasteiger partial charge is 0.137 e. The molecule has 0 unspecified atom stereocenters. The quantitative estimate of drug-likeness (QED) is 0.245. The highest BCUT2D eigenvalue weighted by molar-refractivity contribution is 6.25. The molecule has 3 aromatic heterocycles. The second-order valence-corrected chi connectivity index (χ2v) is 9.70. The molecule has 0 saturated carbocycles. The summed E-state index contributed by atoms with van der Waals surface area (Å²) in [4.78, 5) is 4.92. The SMILES string of the molecule is c1ccc(-c2ccc(-n3c4ccccc4c4c5ccc6c(ccn6-c6ccccc6)c5ccc43)nc2)cc1. The molecule has 3 heterocycles. The van der Waals surface area contributed by atoms with Gasteiger partial charge in [-0.3, -0.25) is 4.57 Å². The molecule has 178 valence electrons. The highest BCUT2D eigenvalue weighted by Gasteiger charge is 2.17. The minimum absolute atomic E-state index is 0.923. The van der Waals surface area contributed by atoms with Crippen LogP contribution in [0.5, 0.6) is 0 Å². The first-order chi connectivity index (χ1) is 18.9. The first-order valence-corrected chi connectivity index (χ1v) is 12.9. The Balaban J connectivity index is 1.37. The predicted molar refractivity (Wildman–Crippen MR) is 158 cm³/mol. The standard InChI is InChI=1S/C35H23N3/c1-3-9-24(10-4-1)25-15-20-34(36-23-25)38-32-14-8-7-13-30(32)35-29-17-18-31-28(27(29)16-19-33(35)38)21-22-37(31)26-11-5-2-6-12-26/h1-23H. The number of fused-ring (bicyclic) bond motifs is 7. The molecule has 0 aliphatic carbocycles. The fourth-order valence-corrected chi connectivity index (χ4v) is 5.88. The van der Waals surface area contributed by atoms with Crippen LogP contribution in [0.1, 0.15) is 0 Å². The zero-order valence-corrected chi connectivity index (χ0v) is 20.6. The van der Waals surface area contributed by atoms with Gasteiger partial charge in [0.1, 0.15) is 5.82 Å². The number of para-hydroxylation sites is 2. The van der Waals surface area contributed by atoms with Crippen LogP contribution < -0.4 is 0 Å². The molecule has 3 heteroatoms. The number of pyridine rings is 1. The van der Waals surface area contributed by atoms with E-state index in [4.69, 9.17) is 4.98 Å². The maximum atomic E-state index is 4.92. The molecule has 8 rings (SSSR count). The van der Waals surface area contributed by atoms with Crippen LogP contribution >= 0.6 is 0 Å². The fourth-order valence-electron chi connectivity index (χ4n) is 5.88. The Bertz CT molecular complexity index is 2100. The molecule has 0 N–H and O–H groups in total. The van der Waals surface area contributed by atoms with Gasteiger partial charge in [-0.15, -0.1) is 0 Å². The average Bonchev–Trinajstić information content (AvgIpc) is 3.58. The maximum Gasteiger partial charge on any atom is 0.137 e. The third kappa shape index (κ3) is 3.06. The van der Waals surface area contributed by atoms with Gasteiger partial charge >= 0.3 is 0 Å². The summed E-state index contributed by atoms with van der Waals surface area (Å²) in [6, 6.07) is 45.2. The molecular weight excluding hydrogens is 462 g/mol. The first-order valence-electron chi connectivity index (χ1n) is 12.9. The molecule has 0 fully saturated rings. The van der Waals surface area contributed by atoms with Crippen LogP contribution in [-0.4, -0.2) is 14.1 Å². The van der Waals surface area contributed by atoms with Gasteiger partial charge in [-0.25, -0.2) is 4.98 Å². The summed E-state index contributed by atoms with van der Waals surface area (Å²) in [6.45, 7) is 0. The summed E-state index contributed by atoms with van der Waals surface area (Å²) < 4.78 is 4.55. The fraction of sp³-hybridized carbons (Fsp3) is 0. The van der Waals surface area contributed by atoms with Gasteiger partial charge in [0.25, 0.3) is 0 Å². The third-order valence-corrected chi connectivity index (χ3v) is 7.62. The van der Waals surface area contributed by atoms with E-state index >= 15 is 0 Å². The zero-order chi connectivity index (χ0) is 25.1. The molecule has 3 nitrogen and oxygen atoms in total. The van der Waals surface area contributed by atoms with Crippen LogP contribution in [0, 0.1) is 0 Å². The van der Waals surface area contributed by atoms with Gasteiger partial charge in [0, 0.05) is 39.8 Å². The van der Waals surface area contributed by atoms with Gasteiger partial charge in [0.05, 0.1) is 16.6 Å². The van der Waals surface area contributed by atoms with Crippen molar-refractivity contribution < 1.29 is 0 Å². The Morgan fingerprint density at radius 3 is 2.00 bits per heavy atom. The highest BCUT2D eigenvalue weighted by Crippen LogP contribution is 2.39. The van der Waals surface area contributed by atoms with Crippen molar-refractivity contribution in [1.29, 1.82) is 0 Å². The zero-order valence-electron chi connectivity index (χ0n) is 20.6. The molecule has 0 spiro atoms. The molecule has 0 saturated heterocycles. The lowest BCUT2D eigenvalue weighted by Crippen LogP contribution is -1.97. The molecule has 0 aliphatic heterocycles. The van der Waals surface area contributed by atoms with E-state index in [2.05, 4.69) is 137 Å². The van der Waals surface area contributed by atoms with E-state index in [-0.39, 0.29) is 0 Å². The summed E-state index contributed by atoms with van der Waals surface area (Å²) in [6.07, 6.45) is 4.15. The van der Waals surface area contributed by atoms with Gasteiger partial charge in [-0.2, -0.15) is 0 Å². The van der Waals surface area contributed by atoms with Gasteiger partial charge in [-0.05, 0) is 64.9 Å². The van der Waals surface area contributed by atoms with Crippen molar-refractivity contribution in [2.75, 3.05) is 0 Å². The van der Waals surface area contributed by atoms with E-state index in [1.807, 2.05) is 12.3 Å². The summed E-state index contributed by atoms with van der Waals surface area (Å²) in [5.74, 6) is 0.923. The van der Waals surface area contributed by atoms with Crippen molar-refractivity contribution in [2.45, 2.75) is 0 Å². The molecule has 5 aromatic carbocycles. The van der Waals surface area contributed by atoms with Crippen molar-refractivity contribution in [2.24, 2.45) is 0 Å². The van der Waals surface area contributed by atoms with Crippen molar-refractivity contribution in [3.8, 4) is 22.6 Å². The van der Waals surface area contributed by atoms with Gasteiger partial charge in [-0.1, -0.05) is 78.9 Å². The lowest BCUT2D eigenvalue weighted by atomic mass is 10.0. The Labute approximate surface area is 219 Å². The summed E-state index contributed by atoms with van der Waals surface area (Å²) in [7, 11) is 0. The van der Waals surface area contributed by atoms with E-state index < -0.39 is 0 Å². The van der Waals surface area contributed by atoms with E-state index in [9.17, 15) is 0 Å². The first kappa shape index (κ1) is 21.0. The van der Waals surface area contributed by atoms with E-state index in [0.29, 0.717) is 0 Å². The third-order valence-electron chi connectivity index (χ3n) is 7.62. The minimum atomic E-state index is 0.923. The Hall–Kier alpha value is -5.15. The monoisotopic (exact) mass is 485 g/mol. The summed E-state index contributed by atoms with van der Waals surface area (Å²) in [5.41, 5.74) is 7.00. The Morgan fingerprint density at radius 1 is 0.447 bits per heavy atom. The Kier molecular flexibility index (Phi) is 4.52. The van der Waals surface area contributed by atoms with Crippen LogP contribution in [0.2, 0.25) is 0 Å². The number of hydrogen-bond acceptors (Lipinski definition) is 1. The summed E-state index contributed by atoms with van der Waals surface area (Å²) in [5, 5.41) is 6.29. The average molecular weight is 486 g/mol. The normalized spacial score (nSPS) is 11.7. The lowest BCUT2D eigenvalue weighted by molar-refractivity contribution is 1.08. The van der Waals surface area contributed by atoms with Gasteiger partial charge in [0.15, 0.2) is 0 Å². The van der Waals surface area contributed by atoms with Crippen LogP contribution in [0.3, 0.4) is 0 Å². The van der Waals surface area contributed by atoms with Crippen LogP contribution in [0.4, 0.5) is 0 Å². The predicted octanol–water partition coefficient (Wildman–Crippen LogP) is 8.94. The number of rotatable bonds is 3. The van der Waals surface area contributed by atoms with Crippen molar-refractivity contribution in [3.63, 3.8) is 0 Å². The van der Waals surface area contributed by atoms with Crippen molar-refractivity contribution in [3.05, 3.63) is 140 Å². The molecular formula is C35H23N3. The van der Waals surface area contributed by atoms with E-state index in [1.54, 1.807) is 0 Å². The number of hydrogen-bond donors (Lipinski definition) is 0. The minimum Gasteiger partial charge on any atom is -0.317 e. The molecule has 8 aromatic rings. The van der Waals surface area contributed by atoms with Crippen LogP contribution in [-0.2, 0) is 0 Å². The van der Waals surface area contributed by atoms with Gasteiger partial charge < -0.3 is 4.57 Å². The highest BCUT2D eigenvalue weighted by atomic mass is 15.1. The maximum absolute atomic E-state index is 4.92. The Morgan fingerprint density at radius 2 is 1.18 bits per heavy atom. The van der Waals surface area contributed by atoms with Crippen LogP contribution in [0.15, 0.2) is 140 Å². The molecule has 0 radical (unpaired) electrons. The lowest BCUT2D eigenvalue weighted by Gasteiger charge is -2.09. The van der Waals surface area contributed by atoms with Crippen LogP contribution in [0.25, 0.3) is 66.1 Å². The van der Waals surface area contributed by atoms with Crippen molar-refractivity contribution in [1.82, 2.24) is 14.1 Å². The van der Waals surface area contributed by atoms with Gasteiger partial charge in [0.2, 0.25) is 0 Å². The van der Waals surface area contributed by atoms with E-state index in [0.717, 1.165) is 16.9 Å². The molecule has 0 aliphatic rings. The molecule has 0 amide bonds. The number of aromatic nitrogens is 3. The second-order valence-electron chi connectivity index (χ2n) is 9.70. The van der Waals surface area contributed by atoms with Crippen molar-refractivity contribution >= 4 is 43.5 Å². The molecule has 38 heavy (non-hydrogen) atoms. The largest absolute Gasteiger partial charge is 0.317 e. The molecule has 0 atom stereocenters. The number of benzene rings is 5. The summed E-state index contributed by atoms with van der Waals surface area (Å²) >= 11 is 0.